The van der Waals surface area contributed by atoms with E-state index in [-0.39, 0.29) is 24.0 Å². The molecule has 1 amide bonds. The quantitative estimate of drug-likeness (QED) is 0.861. The van der Waals surface area contributed by atoms with Gasteiger partial charge in [-0.05, 0) is 36.2 Å². The molecule has 0 aromatic heterocycles. The van der Waals surface area contributed by atoms with E-state index in [0.29, 0.717) is 13.0 Å². The lowest BCUT2D eigenvalue weighted by molar-refractivity contribution is -0.119. The van der Waals surface area contributed by atoms with Crippen molar-refractivity contribution in [1.82, 2.24) is 5.32 Å². The first-order chi connectivity index (χ1) is 10.5. The van der Waals surface area contributed by atoms with Gasteiger partial charge in [0, 0.05) is 12.6 Å². The Morgan fingerprint density at radius 2 is 1.64 bits per heavy atom. The van der Waals surface area contributed by atoms with E-state index in [1.165, 1.54) is 18.2 Å². The Kier molecular flexibility index (Phi) is 5.41. The van der Waals surface area contributed by atoms with E-state index < -0.39 is 11.6 Å². The summed E-state index contributed by atoms with van der Waals surface area (Å²) in [4.78, 5) is 11.6. The normalized spacial score (nSPS) is 10.3. The van der Waals surface area contributed by atoms with Crippen LogP contribution in [0.2, 0.25) is 0 Å². The second-order valence-electron chi connectivity index (χ2n) is 4.70. The molecule has 2 rings (SSSR count). The minimum atomic E-state index is -0.751. The monoisotopic (exact) mass is 308 g/mol. The zero-order valence-corrected chi connectivity index (χ0v) is 11.7. The molecule has 0 saturated heterocycles. The highest BCUT2D eigenvalue weighted by atomic mass is 19.1. The van der Waals surface area contributed by atoms with E-state index >= 15 is 0 Å². The zero-order valence-electron chi connectivity index (χ0n) is 11.7. The molecule has 2 aromatic carbocycles. The molecule has 3 nitrogen and oxygen atoms in total. The summed E-state index contributed by atoms with van der Waals surface area (Å²) in [6.07, 6.45) is 0.566. The van der Waals surface area contributed by atoms with Crippen LogP contribution in [0.1, 0.15) is 5.56 Å². The van der Waals surface area contributed by atoms with Gasteiger partial charge in [-0.15, -0.1) is 0 Å². The largest absolute Gasteiger partial charge is 0.374 e. The van der Waals surface area contributed by atoms with Crippen LogP contribution in [0.3, 0.4) is 0 Å². The molecule has 0 atom stereocenters. The maximum Gasteiger partial charge on any atom is 0.239 e. The fraction of sp³-hybridized carbons (Fsp3) is 0.188. The van der Waals surface area contributed by atoms with Gasteiger partial charge in [-0.1, -0.05) is 12.1 Å². The van der Waals surface area contributed by atoms with Gasteiger partial charge < -0.3 is 10.6 Å². The molecular weight excluding hydrogens is 293 g/mol. The van der Waals surface area contributed by atoms with Crippen LogP contribution in [0, 0.1) is 17.5 Å². The maximum absolute atomic E-state index is 13.3. The topological polar surface area (TPSA) is 41.1 Å². The van der Waals surface area contributed by atoms with E-state index in [9.17, 15) is 18.0 Å². The molecule has 2 N–H and O–H groups in total. The fourth-order valence-corrected chi connectivity index (χ4v) is 1.87. The van der Waals surface area contributed by atoms with Gasteiger partial charge in [0.15, 0.2) is 0 Å². The van der Waals surface area contributed by atoms with Crippen molar-refractivity contribution in [3.8, 4) is 0 Å². The predicted octanol–water partition coefficient (Wildman–Crippen LogP) is 2.87. The first-order valence-electron chi connectivity index (χ1n) is 6.74. The average Bonchev–Trinajstić information content (AvgIpc) is 2.48. The van der Waals surface area contributed by atoms with Crippen LogP contribution in [0.25, 0.3) is 0 Å². The van der Waals surface area contributed by atoms with E-state index in [2.05, 4.69) is 10.6 Å². The number of anilines is 1. The van der Waals surface area contributed by atoms with Crippen LogP contribution in [0.15, 0.2) is 42.5 Å². The molecule has 0 saturated carbocycles. The summed E-state index contributed by atoms with van der Waals surface area (Å²) in [6, 6.07) is 9.09. The average molecular weight is 308 g/mol. The maximum atomic E-state index is 13.3. The van der Waals surface area contributed by atoms with Crippen molar-refractivity contribution in [3.63, 3.8) is 0 Å². The van der Waals surface area contributed by atoms with Crippen molar-refractivity contribution in [2.45, 2.75) is 6.42 Å². The lowest BCUT2D eigenvalue weighted by atomic mass is 10.1. The van der Waals surface area contributed by atoms with Crippen molar-refractivity contribution >= 4 is 11.6 Å². The second-order valence-corrected chi connectivity index (χ2v) is 4.70. The zero-order chi connectivity index (χ0) is 15.9. The van der Waals surface area contributed by atoms with Crippen LogP contribution in [-0.2, 0) is 11.2 Å². The number of carbonyl (C=O) groups is 1. The van der Waals surface area contributed by atoms with Gasteiger partial charge in [0.2, 0.25) is 5.91 Å². The predicted molar refractivity (Wildman–Crippen MR) is 78.0 cm³/mol. The first kappa shape index (κ1) is 15.9. The lowest BCUT2D eigenvalue weighted by Gasteiger charge is -2.08. The number of amides is 1. The van der Waals surface area contributed by atoms with Crippen LogP contribution >= 0.6 is 0 Å². The number of hydrogen-bond donors (Lipinski definition) is 2. The first-order valence-corrected chi connectivity index (χ1v) is 6.74. The summed E-state index contributed by atoms with van der Waals surface area (Å²) in [7, 11) is 0. The summed E-state index contributed by atoms with van der Waals surface area (Å²) in [6.45, 7) is 0.268. The molecule has 0 bridgehead atoms. The fourth-order valence-electron chi connectivity index (χ4n) is 1.87. The molecule has 0 unspecified atom stereocenters. The van der Waals surface area contributed by atoms with E-state index in [0.717, 1.165) is 17.7 Å². The smallest absolute Gasteiger partial charge is 0.239 e. The van der Waals surface area contributed by atoms with Crippen molar-refractivity contribution in [2.24, 2.45) is 0 Å². The van der Waals surface area contributed by atoms with Crippen LogP contribution < -0.4 is 10.6 Å². The molecule has 0 spiro atoms. The number of halogens is 3. The van der Waals surface area contributed by atoms with Gasteiger partial charge in [-0.3, -0.25) is 4.79 Å². The Hall–Kier alpha value is -2.50. The van der Waals surface area contributed by atoms with Gasteiger partial charge in [0.25, 0.3) is 0 Å². The molecule has 2 aromatic rings. The molecule has 22 heavy (non-hydrogen) atoms. The Labute approximate surface area is 126 Å². The Bertz CT molecular complexity index is 644. The summed E-state index contributed by atoms with van der Waals surface area (Å²) < 4.78 is 38.8. The van der Waals surface area contributed by atoms with Crippen LogP contribution in [0.4, 0.5) is 18.9 Å². The van der Waals surface area contributed by atoms with Crippen LogP contribution in [0.5, 0.6) is 0 Å². The SMILES string of the molecule is O=C(CNc1ccc(F)cc1F)NCCc1ccc(F)cc1. The van der Waals surface area contributed by atoms with Crippen molar-refractivity contribution < 1.29 is 18.0 Å². The molecule has 0 fully saturated rings. The summed E-state index contributed by atoms with van der Waals surface area (Å²) in [5, 5.41) is 5.25. The third-order valence-corrected chi connectivity index (χ3v) is 3.02. The summed E-state index contributed by atoms with van der Waals surface area (Å²) in [5.41, 5.74) is 0.967. The van der Waals surface area contributed by atoms with Crippen molar-refractivity contribution in [1.29, 1.82) is 0 Å². The molecule has 0 aliphatic carbocycles. The minimum Gasteiger partial charge on any atom is -0.374 e. The number of hydrogen-bond acceptors (Lipinski definition) is 2. The van der Waals surface area contributed by atoms with E-state index in [4.69, 9.17) is 0 Å². The van der Waals surface area contributed by atoms with Crippen molar-refractivity contribution in [2.75, 3.05) is 18.4 Å². The standard InChI is InChI=1S/C16H15F3N2O/c17-12-3-1-11(2-4-12)7-8-20-16(22)10-21-15-6-5-13(18)9-14(15)19/h1-6,9,21H,7-8,10H2,(H,20,22). The van der Waals surface area contributed by atoms with Crippen molar-refractivity contribution in [3.05, 3.63) is 65.5 Å². The third-order valence-electron chi connectivity index (χ3n) is 3.02. The lowest BCUT2D eigenvalue weighted by Crippen LogP contribution is -2.31. The Morgan fingerprint density at radius 3 is 2.32 bits per heavy atom. The molecule has 0 aliphatic rings. The summed E-state index contributed by atoms with van der Waals surface area (Å²) >= 11 is 0. The number of carbonyl (C=O) groups excluding carboxylic acids is 1. The van der Waals surface area contributed by atoms with Gasteiger partial charge in [-0.2, -0.15) is 0 Å². The van der Waals surface area contributed by atoms with Gasteiger partial charge in [-0.25, -0.2) is 13.2 Å². The van der Waals surface area contributed by atoms with Gasteiger partial charge in [0.05, 0.1) is 12.2 Å². The van der Waals surface area contributed by atoms with Gasteiger partial charge in [0.1, 0.15) is 17.5 Å². The highest BCUT2D eigenvalue weighted by molar-refractivity contribution is 5.80. The Morgan fingerprint density at radius 1 is 0.955 bits per heavy atom. The molecule has 6 heteroatoms. The number of rotatable bonds is 6. The Balaban J connectivity index is 1.72. The third kappa shape index (κ3) is 4.80. The molecular formula is C16H15F3N2O. The van der Waals surface area contributed by atoms with E-state index in [1.807, 2.05) is 0 Å². The molecule has 0 heterocycles. The second kappa shape index (κ2) is 7.49. The number of benzene rings is 2. The molecule has 116 valence electrons. The van der Waals surface area contributed by atoms with Gasteiger partial charge >= 0.3 is 0 Å². The molecule has 0 aliphatic heterocycles. The van der Waals surface area contributed by atoms with E-state index in [1.54, 1.807) is 12.1 Å². The molecule has 0 radical (unpaired) electrons. The summed E-state index contributed by atoms with van der Waals surface area (Å²) in [5.74, 6) is -2.05. The highest BCUT2D eigenvalue weighted by Gasteiger charge is 2.06. The number of nitrogens with one attached hydrogen (secondary N) is 2. The van der Waals surface area contributed by atoms with Crippen LogP contribution in [-0.4, -0.2) is 19.0 Å². The highest BCUT2D eigenvalue weighted by Crippen LogP contribution is 2.14. The minimum absolute atomic E-state index is 0.0649.